The lowest BCUT2D eigenvalue weighted by Gasteiger charge is -2.34. The van der Waals surface area contributed by atoms with Crippen LogP contribution in [0, 0.1) is 11.3 Å². The van der Waals surface area contributed by atoms with Gasteiger partial charge in [0.25, 0.3) is 0 Å². The van der Waals surface area contributed by atoms with Gasteiger partial charge in [-0.25, -0.2) is 13.4 Å². The first-order valence-electron chi connectivity index (χ1n) is 8.17. The number of anilines is 1. The number of aromatic nitrogens is 1. The van der Waals surface area contributed by atoms with Crippen LogP contribution in [-0.2, 0) is 10.0 Å². The molecule has 0 atom stereocenters. The first-order chi connectivity index (χ1) is 13.2. The van der Waals surface area contributed by atoms with Gasteiger partial charge in [-0.05, 0) is 24.3 Å². The molecule has 28 heavy (non-hydrogen) atoms. The number of nitriles is 1. The zero-order valence-electron chi connectivity index (χ0n) is 14.4. The van der Waals surface area contributed by atoms with E-state index in [0.717, 1.165) is 16.4 Å². The number of sulfonamides is 1. The number of nitrogens with zero attached hydrogens (tertiary/aromatic N) is 4. The van der Waals surface area contributed by atoms with Crippen LogP contribution in [0.5, 0.6) is 5.75 Å². The van der Waals surface area contributed by atoms with Crippen LogP contribution >= 0.6 is 0 Å². The maximum Gasteiger partial charge on any atom is 0.573 e. The predicted octanol–water partition coefficient (Wildman–Crippen LogP) is 2.36. The van der Waals surface area contributed by atoms with Crippen molar-refractivity contribution in [2.24, 2.45) is 0 Å². The third-order valence-electron chi connectivity index (χ3n) is 4.13. The normalized spacial score (nSPS) is 15.9. The maximum absolute atomic E-state index is 12.8. The molecule has 0 spiro atoms. The average molecular weight is 412 g/mol. The molecule has 0 unspecified atom stereocenters. The van der Waals surface area contributed by atoms with Crippen LogP contribution in [0.1, 0.15) is 5.56 Å². The van der Waals surface area contributed by atoms with Crippen molar-refractivity contribution in [3.8, 4) is 11.8 Å². The zero-order valence-corrected chi connectivity index (χ0v) is 15.2. The molecule has 1 aliphatic rings. The zero-order chi connectivity index (χ0) is 20.4. The topological polar surface area (TPSA) is 86.5 Å². The van der Waals surface area contributed by atoms with E-state index in [1.165, 1.54) is 18.3 Å². The summed E-state index contributed by atoms with van der Waals surface area (Å²) in [6.45, 7) is 0.676. The largest absolute Gasteiger partial charge is 0.573 e. The first kappa shape index (κ1) is 19.9. The highest BCUT2D eigenvalue weighted by molar-refractivity contribution is 7.89. The van der Waals surface area contributed by atoms with Crippen LogP contribution < -0.4 is 9.64 Å². The van der Waals surface area contributed by atoms with Gasteiger partial charge >= 0.3 is 6.36 Å². The van der Waals surface area contributed by atoms with Gasteiger partial charge in [0.05, 0.1) is 11.6 Å². The van der Waals surface area contributed by atoms with Gasteiger partial charge in [0.1, 0.15) is 16.5 Å². The van der Waals surface area contributed by atoms with E-state index in [4.69, 9.17) is 5.26 Å². The molecule has 0 aliphatic carbocycles. The Balaban J connectivity index is 1.78. The molecule has 148 valence electrons. The lowest BCUT2D eigenvalue weighted by atomic mass is 10.2. The average Bonchev–Trinajstić information content (AvgIpc) is 2.67. The van der Waals surface area contributed by atoms with Crippen molar-refractivity contribution in [1.29, 1.82) is 5.26 Å². The van der Waals surface area contributed by atoms with E-state index < -0.39 is 27.0 Å². The molecule has 3 rings (SSSR count). The summed E-state index contributed by atoms with van der Waals surface area (Å²) >= 11 is 0. The van der Waals surface area contributed by atoms with Crippen molar-refractivity contribution >= 4 is 15.8 Å². The summed E-state index contributed by atoms with van der Waals surface area (Å²) in [7, 11) is -4.17. The van der Waals surface area contributed by atoms with Gasteiger partial charge in [-0.1, -0.05) is 12.1 Å². The number of piperazine rings is 1. The highest BCUT2D eigenvalue weighted by Crippen LogP contribution is 2.31. The number of rotatable bonds is 4. The van der Waals surface area contributed by atoms with Crippen molar-refractivity contribution in [3.05, 3.63) is 48.2 Å². The van der Waals surface area contributed by atoms with E-state index >= 15 is 0 Å². The summed E-state index contributed by atoms with van der Waals surface area (Å²) in [5.74, 6) is -0.224. The van der Waals surface area contributed by atoms with E-state index in [1.807, 2.05) is 11.0 Å². The Bertz CT molecular complexity index is 997. The number of pyridine rings is 1. The molecule has 2 heterocycles. The number of halogens is 3. The number of hydrogen-bond donors (Lipinski definition) is 0. The molecule has 0 amide bonds. The number of alkyl halides is 3. The summed E-state index contributed by atoms with van der Waals surface area (Å²) in [4.78, 5) is 5.45. The van der Waals surface area contributed by atoms with Crippen LogP contribution in [0.25, 0.3) is 0 Å². The fourth-order valence-corrected chi connectivity index (χ4v) is 4.37. The van der Waals surface area contributed by atoms with Gasteiger partial charge in [0.15, 0.2) is 0 Å². The standard InChI is InChI=1S/C17H15F3N4O3S/c18-17(19,20)27-14-3-1-2-4-15(14)28(25,26)24-9-7-23(8-10-24)16-11-13(12-21)5-6-22-16/h1-6,11H,7-10H2. The van der Waals surface area contributed by atoms with Gasteiger partial charge in [-0.15, -0.1) is 13.2 Å². The predicted molar refractivity (Wildman–Crippen MR) is 93.0 cm³/mol. The Morgan fingerprint density at radius 1 is 1.11 bits per heavy atom. The number of benzene rings is 1. The molecule has 1 saturated heterocycles. The van der Waals surface area contributed by atoms with E-state index in [0.29, 0.717) is 11.4 Å². The Morgan fingerprint density at radius 2 is 1.79 bits per heavy atom. The Kier molecular flexibility index (Phi) is 5.44. The van der Waals surface area contributed by atoms with Crippen LogP contribution in [0.4, 0.5) is 19.0 Å². The highest BCUT2D eigenvalue weighted by atomic mass is 32.2. The Labute approximate surface area is 159 Å². The minimum atomic E-state index is -5.00. The Morgan fingerprint density at radius 3 is 2.43 bits per heavy atom. The summed E-state index contributed by atoms with van der Waals surface area (Å²) in [6, 6.07) is 9.82. The van der Waals surface area contributed by atoms with E-state index in [9.17, 15) is 21.6 Å². The molecule has 0 N–H and O–H groups in total. The van der Waals surface area contributed by atoms with Crippen molar-refractivity contribution in [2.75, 3.05) is 31.1 Å². The molecule has 1 aromatic heterocycles. The van der Waals surface area contributed by atoms with Crippen LogP contribution in [-0.4, -0.2) is 50.2 Å². The summed E-state index contributed by atoms with van der Waals surface area (Å²) in [6.07, 6.45) is -3.51. The molecule has 2 aromatic rings. The van der Waals surface area contributed by atoms with Crippen molar-refractivity contribution in [1.82, 2.24) is 9.29 Å². The molecule has 11 heteroatoms. The summed E-state index contributed by atoms with van der Waals surface area (Å²) in [5, 5.41) is 8.97. The third kappa shape index (κ3) is 4.35. The lowest BCUT2D eigenvalue weighted by Crippen LogP contribution is -2.49. The number of hydrogen-bond acceptors (Lipinski definition) is 6. The van der Waals surface area contributed by atoms with Crippen molar-refractivity contribution < 1.29 is 26.3 Å². The SMILES string of the molecule is N#Cc1ccnc(N2CCN(S(=O)(=O)c3ccccc3OC(F)(F)F)CC2)c1. The molecule has 0 bridgehead atoms. The number of ether oxygens (including phenoxy) is 1. The first-order valence-corrected chi connectivity index (χ1v) is 9.61. The van der Waals surface area contributed by atoms with E-state index in [-0.39, 0.29) is 26.2 Å². The Hall–Kier alpha value is -2.84. The fraction of sp³-hybridized carbons (Fsp3) is 0.294. The molecule has 7 nitrogen and oxygen atoms in total. The van der Waals surface area contributed by atoms with Crippen molar-refractivity contribution in [3.63, 3.8) is 0 Å². The van der Waals surface area contributed by atoms with Gasteiger partial charge in [-0.2, -0.15) is 9.57 Å². The number of para-hydroxylation sites is 1. The second kappa shape index (κ2) is 7.65. The van der Waals surface area contributed by atoms with Gasteiger partial charge in [-0.3, -0.25) is 0 Å². The van der Waals surface area contributed by atoms with E-state index in [2.05, 4.69) is 9.72 Å². The molecule has 1 fully saturated rings. The van der Waals surface area contributed by atoms with E-state index in [1.54, 1.807) is 12.1 Å². The third-order valence-corrected chi connectivity index (χ3v) is 6.07. The van der Waals surface area contributed by atoms with Gasteiger partial charge in [0.2, 0.25) is 10.0 Å². The monoisotopic (exact) mass is 412 g/mol. The highest BCUT2D eigenvalue weighted by Gasteiger charge is 2.36. The molecular formula is C17H15F3N4O3S. The van der Waals surface area contributed by atoms with Gasteiger partial charge in [0, 0.05) is 32.4 Å². The molecular weight excluding hydrogens is 397 g/mol. The minimum Gasteiger partial charge on any atom is -0.404 e. The van der Waals surface area contributed by atoms with Crippen LogP contribution in [0.3, 0.4) is 0 Å². The van der Waals surface area contributed by atoms with Crippen molar-refractivity contribution in [2.45, 2.75) is 11.3 Å². The lowest BCUT2D eigenvalue weighted by molar-refractivity contribution is -0.275. The quantitative estimate of drug-likeness (QED) is 0.766. The summed E-state index contributed by atoms with van der Waals surface area (Å²) < 4.78 is 68.4. The second-order valence-corrected chi connectivity index (χ2v) is 7.81. The maximum atomic E-state index is 12.8. The molecule has 1 aromatic carbocycles. The van der Waals surface area contributed by atoms with Crippen LogP contribution in [0.15, 0.2) is 47.5 Å². The fourth-order valence-electron chi connectivity index (χ4n) is 2.83. The molecule has 0 saturated carbocycles. The smallest absolute Gasteiger partial charge is 0.404 e. The molecule has 0 radical (unpaired) electrons. The summed E-state index contributed by atoms with van der Waals surface area (Å²) in [5.41, 5.74) is 0.429. The second-order valence-electron chi connectivity index (χ2n) is 5.90. The van der Waals surface area contributed by atoms with Crippen LogP contribution in [0.2, 0.25) is 0 Å². The minimum absolute atomic E-state index is 0.0567. The molecule has 1 aliphatic heterocycles. The van der Waals surface area contributed by atoms with Gasteiger partial charge < -0.3 is 9.64 Å².